The number of para-hydroxylation sites is 1. The summed E-state index contributed by atoms with van der Waals surface area (Å²) in [6, 6.07) is 6.33. The third-order valence-corrected chi connectivity index (χ3v) is 3.79. The van der Waals surface area contributed by atoms with Crippen LogP contribution in [0, 0.1) is 6.92 Å². The van der Waals surface area contributed by atoms with Crippen LogP contribution in [0.25, 0.3) is 10.2 Å². The number of benzene rings is 1. The summed E-state index contributed by atoms with van der Waals surface area (Å²) < 4.78 is 1.26. The van der Waals surface area contributed by atoms with Crippen LogP contribution < -0.4 is 5.73 Å². The Morgan fingerprint density at radius 2 is 2.21 bits per heavy atom. The number of rotatable bonds is 1. The van der Waals surface area contributed by atoms with Gasteiger partial charge in [-0.3, -0.25) is 0 Å². The zero-order valence-corrected chi connectivity index (χ0v) is 8.90. The molecule has 14 heavy (non-hydrogen) atoms. The second-order valence-corrected chi connectivity index (χ2v) is 5.28. The van der Waals surface area contributed by atoms with Gasteiger partial charge in [0.15, 0.2) is 0 Å². The molecule has 0 amide bonds. The molecule has 72 valence electrons. The molecule has 1 aromatic carbocycles. The number of aryl methyl sites for hydroxylation is 1. The smallest absolute Gasteiger partial charge is 0.0907 e. The minimum absolute atomic E-state index is 0.0694. The van der Waals surface area contributed by atoms with E-state index in [1.807, 2.05) is 6.92 Å². The molecule has 0 radical (unpaired) electrons. The van der Waals surface area contributed by atoms with Crippen molar-refractivity contribution in [2.24, 2.45) is 5.73 Å². The summed E-state index contributed by atoms with van der Waals surface area (Å²) in [6.45, 7) is 2.05. The first-order chi connectivity index (χ1) is 6.69. The van der Waals surface area contributed by atoms with Gasteiger partial charge in [0, 0.05) is 5.54 Å². The van der Waals surface area contributed by atoms with E-state index in [0.717, 1.165) is 23.4 Å². The lowest BCUT2D eigenvalue weighted by Gasteiger charge is -2.08. The molecule has 0 aliphatic heterocycles. The minimum atomic E-state index is -0.0694. The number of nitrogens with two attached hydrogens (primary N) is 1. The van der Waals surface area contributed by atoms with Gasteiger partial charge in [-0.25, -0.2) is 4.98 Å². The molecule has 0 spiro atoms. The van der Waals surface area contributed by atoms with Crippen LogP contribution in [0.4, 0.5) is 0 Å². The van der Waals surface area contributed by atoms with Crippen LogP contribution in [-0.4, -0.2) is 4.98 Å². The van der Waals surface area contributed by atoms with Crippen molar-refractivity contribution in [3.05, 3.63) is 28.8 Å². The highest BCUT2D eigenvalue weighted by Gasteiger charge is 2.41. The molecule has 2 nitrogen and oxygen atoms in total. The van der Waals surface area contributed by atoms with Gasteiger partial charge >= 0.3 is 0 Å². The van der Waals surface area contributed by atoms with Crippen LogP contribution >= 0.6 is 11.3 Å². The van der Waals surface area contributed by atoms with E-state index in [4.69, 9.17) is 5.73 Å². The topological polar surface area (TPSA) is 38.9 Å². The fourth-order valence-electron chi connectivity index (χ4n) is 1.87. The Labute approximate surface area is 86.8 Å². The van der Waals surface area contributed by atoms with E-state index in [-0.39, 0.29) is 5.54 Å². The van der Waals surface area contributed by atoms with Gasteiger partial charge < -0.3 is 5.73 Å². The molecule has 0 bridgehead atoms. The molecule has 1 heterocycles. The normalized spacial score (nSPS) is 18.7. The standard InChI is InChI=1S/C11H12N2S/c1-7-13-10-8(11(12)5-6-11)3-2-4-9(10)14-7/h2-4H,5-6,12H2,1H3. The number of hydrogen-bond donors (Lipinski definition) is 1. The van der Waals surface area contributed by atoms with Gasteiger partial charge in [-0.2, -0.15) is 0 Å². The second kappa shape index (κ2) is 2.55. The molecule has 1 saturated carbocycles. The number of nitrogens with zero attached hydrogens (tertiary/aromatic N) is 1. The quantitative estimate of drug-likeness (QED) is 0.775. The molecular formula is C11H12N2S. The van der Waals surface area contributed by atoms with Crippen LogP contribution in [0.2, 0.25) is 0 Å². The summed E-state index contributed by atoms with van der Waals surface area (Å²) in [5.74, 6) is 0. The summed E-state index contributed by atoms with van der Waals surface area (Å²) in [4.78, 5) is 4.56. The number of aromatic nitrogens is 1. The van der Waals surface area contributed by atoms with E-state index in [1.54, 1.807) is 11.3 Å². The van der Waals surface area contributed by atoms with Gasteiger partial charge in [-0.1, -0.05) is 12.1 Å². The fourth-order valence-corrected chi connectivity index (χ4v) is 2.72. The second-order valence-electron chi connectivity index (χ2n) is 4.04. The van der Waals surface area contributed by atoms with Crippen molar-refractivity contribution in [3.63, 3.8) is 0 Å². The van der Waals surface area contributed by atoms with Gasteiger partial charge in [-0.05, 0) is 31.4 Å². The highest BCUT2D eigenvalue weighted by Crippen LogP contribution is 2.45. The van der Waals surface area contributed by atoms with Crippen LogP contribution in [0.5, 0.6) is 0 Å². The third kappa shape index (κ3) is 1.09. The maximum atomic E-state index is 6.21. The van der Waals surface area contributed by atoms with E-state index in [2.05, 4.69) is 23.2 Å². The largest absolute Gasteiger partial charge is 0.321 e. The van der Waals surface area contributed by atoms with Gasteiger partial charge in [0.25, 0.3) is 0 Å². The summed E-state index contributed by atoms with van der Waals surface area (Å²) in [5.41, 5.74) is 8.49. The predicted molar refractivity (Wildman–Crippen MR) is 59.5 cm³/mol. The zero-order chi connectivity index (χ0) is 9.76. The summed E-state index contributed by atoms with van der Waals surface area (Å²) >= 11 is 1.74. The molecule has 3 rings (SSSR count). The molecule has 0 saturated heterocycles. The maximum Gasteiger partial charge on any atom is 0.0907 e. The first kappa shape index (κ1) is 8.38. The van der Waals surface area contributed by atoms with Crippen molar-refractivity contribution in [2.75, 3.05) is 0 Å². The molecule has 1 aliphatic carbocycles. The summed E-state index contributed by atoms with van der Waals surface area (Å²) in [7, 11) is 0. The Bertz CT molecular complexity index is 497. The lowest BCUT2D eigenvalue weighted by Crippen LogP contribution is -2.18. The first-order valence-corrected chi connectivity index (χ1v) is 5.66. The Kier molecular flexibility index (Phi) is 1.53. The van der Waals surface area contributed by atoms with Crippen LogP contribution in [0.1, 0.15) is 23.4 Å². The number of fused-ring (bicyclic) bond motifs is 1. The molecule has 1 aromatic heterocycles. The maximum absolute atomic E-state index is 6.21. The molecule has 0 unspecified atom stereocenters. The highest BCUT2D eigenvalue weighted by molar-refractivity contribution is 7.18. The van der Waals surface area contributed by atoms with E-state index in [1.165, 1.54) is 10.3 Å². The van der Waals surface area contributed by atoms with Crippen molar-refractivity contribution in [1.82, 2.24) is 4.98 Å². The molecule has 0 atom stereocenters. The van der Waals surface area contributed by atoms with E-state index in [9.17, 15) is 0 Å². The Balaban J connectivity index is 2.32. The molecule has 2 N–H and O–H groups in total. The Morgan fingerprint density at radius 3 is 2.93 bits per heavy atom. The van der Waals surface area contributed by atoms with Crippen LogP contribution in [0.3, 0.4) is 0 Å². The fraction of sp³-hybridized carbons (Fsp3) is 0.364. The molecule has 1 fully saturated rings. The Morgan fingerprint density at radius 1 is 1.43 bits per heavy atom. The van der Waals surface area contributed by atoms with Crippen molar-refractivity contribution in [1.29, 1.82) is 0 Å². The molecule has 1 aliphatic rings. The first-order valence-electron chi connectivity index (χ1n) is 4.85. The van der Waals surface area contributed by atoms with Gasteiger partial charge in [-0.15, -0.1) is 11.3 Å². The lowest BCUT2D eigenvalue weighted by molar-refractivity contribution is 0.746. The SMILES string of the molecule is Cc1nc2c(C3(N)CC3)cccc2s1. The van der Waals surface area contributed by atoms with Gasteiger partial charge in [0.05, 0.1) is 15.2 Å². The number of thiazole rings is 1. The summed E-state index contributed by atoms with van der Waals surface area (Å²) in [5, 5.41) is 1.12. The lowest BCUT2D eigenvalue weighted by atomic mass is 10.0. The van der Waals surface area contributed by atoms with Gasteiger partial charge in [0.1, 0.15) is 0 Å². The summed E-state index contributed by atoms with van der Waals surface area (Å²) in [6.07, 6.45) is 2.20. The van der Waals surface area contributed by atoms with Crippen LogP contribution in [-0.2, 0) is 5.54 Å². The van der Waals surface area contributed by atoms with Crippen molar-refractivity contribution < 1.29 is 0 Å². The van der Waals surface area contributed by atoms with Crippen molar-refractivity contribution in [3.8, 4) is 0 Å². The minimum Gasteiger partial charge on any atom is -0.321 e. The van der Waals surface area contributed by atoms with Crippen molar-refractivity contribution in [2.45, 2.75) is 25.3 Å². The molecular weight excluding hydrogens is 192 g/mol. The zero-order valence-electron chi connectivity index (χ0n) is 8.08. The monoisotopic (exact) mass is 204 g/mol. The Hall–Kier alpha value is -0.930. The van der Waals surface area contributed by atoms with E-state index >= 15 is 0 Å². The van der Waals surface area contributed by atoms with Crippen molar-refractivity contribution >= 4 is 21.6 Å². The van der Waals surface area contributed by atoms with Gasteiger partial charge in [0.2, 0.25) is 0 Å². The van der Waals surface area contributed by atoms with E-state index < -0.39 is 0 Å². The van der Waals surface area contributed by atoms with Crippen LogP contribution in [0.15, 0.2) is 18.2 Å². The molecule has 3 heteroatoms. The average Bonchev–Trinajstić information content (AvgIpc) is 2.78. The average molecular weight is 204 g/mol. The number of hydrogen-bond acceptors (Lipinski definition) is 3. The highest BCUT2D eigenvalue weighted by atomic mass is 32.1. The molecule has 2 aromatic rings. The third-order valence-electron chi connectivity index (χ3n) is 2.85. The predicted octanol–water partition coefficient (Wildman–Crippen LogP) is 2.55. The van der Waals surface area contributed by atoms with E-state index in [0.29, 0.717) is 0 Å².